The Kier molecular flexibility index (Phi) is 3.53. The van der Waals surface area contributed by atoms with Gasteiger partial charge in [0, 0.05) is 6.07 Å². The van der Waals surface area contributed by atoms with Gasteiger partial charge in [-0.2, -0.15) is 4.21 Å². The smallest absolute Gasteiger partial charge is 0.305 e. The number of rotatable bonds is 1. The Morgan fingerprint density at radius 3 is 2.80 bits per heavy atom. The molecule has 3 heterocycles. The second kappa shape index (κ2) is 5.77. The SMILES string of the molecule is O=S1OC2[C@H](COC[C@@H]2N2c3ccccc3Oc3ccc(F)cc32)O1. The molecular formula is C17H14FNO5S. The fourth-order valence-corrected chi connectivity index (χ4v) is 4.35. The molecule has 4 atom stereocenters. The average Bonchev–Trinajstić information content (AvgIpc) is 3.00. The van der Waals surface area contributed by atoms with Crippen LogP contribution in [-0.4, -0.2) is 35.7 Å². The van der Waals surface area contributed by atoms with E-state index in [0.717, 1.165) is 5.69 Å². The van der Waals surface area contributed by atoms with Gasteiger partial charge in [-0.15, -0.1) is 0 Å². The molecule has 3 aliphatic rings. The van der Waals surface area contributed by atoms with E-state index >= 15 is 0 Å². The summed E-state index contributed by atoms with van der Waals surface area (Å²) in [6.45, 7) is 0.654. The minimum atomic E-state index is -1.80. The summed E-state index contributed by atoms with van der Waals surface area (Å²) in [6, 6.07) is 11.5. The predicted octanol–water partition coefficient (Wildman–Crippen LogP) is 2.83. The summed E-state index contributed by atoms with van der Waals surface area (Å²) in [5, 5.41) is 0. The van der Waals surface area contributed by atoms with Crippen LogP contribution in [0.5, 0.6) is 11.5 Å². The van der Waals surface area contributed by atoms with E-state index in [2.05, 4.69) is 0 Å². The van der Waals surface area contributed by atoms with Gasteiger partial charge in [0.05, 0.1) is 30.6 Å². The topological polar surface area (TPSA) is 57.2 Å². The molecule has 0 bridgehead atoms. The van der Waals surface area contributed by atoms with Gasteiger partial charge in [0.15, 0.2) is 11.5 Å². The van der Waals surface area contributed by atoms with Crippen molar-refractivity contribution in [3.05, 3.63) is 48.3 Å². The molecule has 0 spiro atoms. The van der Waals surface area contributed by atoms with Crippen LogP contribution in [0.4, 0.5) is 15.8 Å². The fourth-order valence-electron chi connectivity index (χ4n) is 3.50. The molecule has 5 rings (SSSR count). The maximum absolute atomic E-state index is 13.9. The molecule has 2 fully saturated rings. The normalized spacial score (nSPS) is 30.2. The first-order chi connectivity index (χ1) is 12.2. The lowest BCUT2D eigenvalue weighted by Crippen LogP contribution is -2.54. The standard InChI is InChI=1S/C17H14FNO5S/c18-10-5-6-15-12(7-10)19(11-3-1-2-4-14(11)22-15)13-8-21-9-16-17(13)24-25(20)23-16/h1-7,13,16-17H,8-9H2/t13-,16-,17?,25?/m0/s1. The van der Waals surface area contributed by atoms with Crippen molar-refractivity contribution < 1.29 is 26.4 Å². The number of hydrogen-bond acceptors (Lipinski definition) is 6. The Morgan fingerprint density at radius 1 is 1.04 bits per heavy atom. The minimum absolute atomic E-state index is 0.314. The van der Waals surface area contributed by atoms with E-state index in [1.807, 2.05) is 29.2 Å². The maximum atomic E-state index is 13.9. The van der Waals surface area contributed by atoms with Crippen LogP contribution in [0, 0.1) is 5.82 Å². The van der Waals surface area contributed by atoms with Gasteiger partial charge in [-0.05, 0) is 24.3 Å². The van der Waals surface area contributed by atoms with Gasteiger partial charge in [-0.3, -0.25) is 8.37 Å². The zero-order valence-electron chi connectivity index (χ0n) is 13.0. The predicted molar refractivity (Wildman–Crippen MR) is 87.6 cm³/mol. The number of hydrogen-bond donors (Lipinski definition) is 0. The van der Waals surface area contributed by atoms with Gasteiger partial charge in [0.25, 0.3) is 0 Å². The lowest BCUT2D eigenvalue weighted by molar-refractivity contribution is -0.0329. The second-order valence-corrected chi connectivity index (χ2v) is 6.85. The van der Waals surface area contributed by atoms with Crippen molar-refractivity contribution in [1.29, 1.82) is 0 Å². The number of para-hydroxylation sites is 2. The Hall–Kier alpha value is -2.00. The van der Waals surface area contributed by atoms with E-state index in [0.29, 0.717) is 30.4 Å². The minimum Gasteiger partial charge on any atom is -0.453 e. The highest BCUT2D eigenvalue weighted by atomic mass is 32.2. The van der Waals surface area contributed by atoms with E-state index < -0.39 is 23.6 Å². The molecule has 3 aliphatic heterocycles. The molecule has 0 aliphatic carbocycles. The molecule has 0 saturated carbocycles. The lowest BCUT2D eigenvalue weighted by atomic mass is 9.99. The van der Waals surface area contributed by atoms with E-state index in [-0.39, 0.29) is 11.9 Å². The summed E-state index contributed by atoms with van der Waals surface area (Å²) in [5.74, 6) is 0.832. The van der Waals surface area contributed by atoms with E-state index in [1.165, 1.54) is 12.1 Å². The summed E-state index contributed by atoms with van der Waals surface area (Å²) < 4.78 is 47.9. The first-order valence-corrected chi connectivity index (χ1v) is 8.90. The third kappa shape index (κ3) is 2.44. The van der Waals surface area contributed by atoms with Gasteiger partial charge in [0.2, 0.25) is 0 Å². The molecule has 2 saturated heterocycles. The summed E-state index contributed by atoms with van der Waals surface area (Å²) in [6.07, 6.45) is -0.872. The van der Waals surface area contributed by atoms with Crippen molar-refractivity contribution in [2.45, 2.75) is 18.2 Å². The van der Waals surface area contributed by atoms with Crippen LogP contribution in [0.1, 0.15) is 0 Å². The van der Waals surface area contributed by atoms with Crippen LogP contribution < -0.4 is 9.64 Å². The Bertz CT molecular complexity index is 863. The van der Waals surface area contributed by atoms with Crippen molar-refractivity contribution in [3.63, 3.8) is 0 Å². The molecule has 25 heavy (non-hydrogen) atoms. The maximum Gasteiger partial charge on any atom is 0.305 e. The molecule has 2 unspecified atom stereocenters. The van der Waals surface area contributed by atoms with E-state index in [9.17, 15) is 8.60 Å². The molecule has 2 aromatic rings. The molecule has 6 nitrogen and oxygen atoms in total. The first-order valence-electron chi connectivity index (χ1n) is 7.90. The van der Waals surface area contributed by atoms with Gasteiger partial charge in [0.1, 0.15) is 18.0 Å². The highest BCUT2D eigenvalue weighted by Gasteiger charge is 2.48. The molecule has 0 amide bonds. The van der Waals surface area contributed by atoms with Crippen LogP contribution >= 0.6 is 0 Å². The zero-order valence-corrected chi connectivity index (χ0v) is 13.8. The first kappa shape index (κ1) is 15.3. The highest BCUT2D eigenvalue weighted by Crippen LogP contribution is 2.49. The van der Waals surface area contributed by atoms with Gasteiger partial charge >= 0.3 is 11.4 Å². The quantitative estimate of drug-likeness (QED) is 0.777. The molecule has 2 aromatic carbocycles. The summed E-state index contributed by atoms with van der Waals surface area (Å²) in [7, 11) is 0. The monoisotopic (exact) mass is 363 g/mol. The van der Waals surface area contributed by atoms with Gasteiger partial charge < -0.3 is 14.4 Å². The summed E-state index contributed by atoms with van der Waals surface area (Å²) in [5.41, 5.74) is 1.35. The Morgan fingerprint density at radius 2 is 1.88 bits per heavy atom. The third-order valence-corrected chi connectivity index (χ3v) is 5.35. The zero-order chi connectivity index (χ0) is 17.0. The van der Waals surface area contributed by atoms with Crippen LogP contribution in [0.3, 0.4) is 0 Å². The number of fused-ring (bicyclic) bond motifs is 3. The van der Waals surface area contributed by atoms with Crippen molar-refractivity contribution >= 4 is 22.7 Å². The van der Waals surface area contributed by atoms with Crippen molar-refractivity contribution in [2.75, 3.05) is 18.1 Å². The number of benzene rings is 2. The molecule has 0 radical (unpaired) electrons. The van der Waals surface area contributed by atoms with Crippen LogP contribution in [-0.2, 0) is 24.5 Å². The Labute approximate surface area is 145 Å². The van der Waals surface area contributed by atoms with Crippen LogP contribution in [0.25, 0.3) is 0 Å². The summed E-state index contributed by atoms with van der Waals surface area (Å²) >= 11 is -1.80. The Balaban J connectivity index is 1.65. The second-order valence-electron chi connectivity index (χ2n) is 6.06. The molecule has 0 N–H and O–H groups in total. The number of anilines is 2. The largest absolute Gasteiger partial charge is 0.453 e. The molecule has 130 valence electrons. The molecule has 8 heteroatoms. The number of halogens is 1. The van der Waals surface area contributed by atoms with Crippen molar-refractivity contribution in [2.24, 2.45) is 0 Å². The van der Waals surface area contributed by atoms with Crippen molar-refractivity contribution in [3.8, 4) is 11.5 Å². The number of nitrogens with zero attached hydrogens (tertiary/aromatic N) is 1. The molecular weight excluding hydrogens is 349 g/mol. The third-order valence-electron chi connectivity index (χ3n) is 4.57. The number of ether oxygens (including phenoxy) is 2. The fraction of sp³-hybridized carbons (Fsp3) is 0.294. The van der Waals surface area contributed by atoms with E-state index in [1.54, 1.807) is 6.07 Å². The molecule has 0 aromatic heterocycles. The van der Waals surface area contributed by atoms with Gasteiger partial charge in [-0.1, -0.05) is 12.1 Å². The summed E-state index contributed by atoms with van der Waals surface area (Å²) in [4.78, 5) is 1.93. The van der Waals surface area contributed by atoms with Crippen LogP contribution in [0.15, 0.2) is 42.5 Å². The highest BCUT2D eigenvalue weighted by molar-refractivity contribution is 7.75. The van der Waals surface area contributed by atoms with Gasteiger partial charge in [-0.25, -0.2) is 4.39 Å². The van der Waals surface area contributed by atoms with E-state index in [4.69, 9.17) is 17.8 Å². The van der Waals surface area contributed by atoms with Crippen molar-refractivity contribution in [1.82, 2.24) is 0 Å². The average molecular weight is 363 g/mol. The lowest BCUT2D eigenvalue weighted by Gasteiger charge is -2.42. The van der Waals surface area contributed by atoms with Crippen LogP contribution in [0.2, 0.25) is 0 Å².